The molecule has 3 heterocycles. The Balaban J connectivity index is 1.86. The summed E-state index contributed by atoms with van der Waals surface area (Å²) in [6.45, 7) is 0. The molecule has 1 atom stereocenters. The Morgan fingerprint density at radius 2 is 2.15 bits per heavy atom. The van der Waals surface area contributed by atoms with E-state index in [4.69, 9.17) is 5.11 Å². The summed E-state index contributed by atoms with van der Waals surface area (Å²) in [4.78, 5) is 33.9. The fraction of sp³-hybridized carbons (Fsp3) is 0.158. The normalized spacial score (nSPS) is 12.3. The first-order valence-electron chi connectivity index (χ1n) is 8.37. The molecule has 0 aliphatic heterocycles. The van der Waals surface area contributed by atoms with Crippen LogP contribution in [0.1, 0.15) is 18.0 Å². The van der Waals surface area contributed by atoms with E-state index in [0.717, 1.165) is 33.2 Å². The molecule has 0 radical (unpaired) electrons. The second-order valence-electron chi connectivity index (χ2n) is 6.34. The Bertz CT molecular complexity index is 1130. The summed E-state index contributed by atoms with van der Waals surface area (Å²) >= 11 is 0. The van der Waals surface area contributed by atoms with Crippen LogP contribution in [0.2, 0.25) is 0 Å². The quantitative estimate of drug-likeness (QED) is 0.455. The molecule has 0 fully saturated rings. The van der Waals surface area contributed by atoms with Crippen molar-refractivity contribution in [2.24, 2.45) is 7.05 Å². The third kappa shape index (κ3) is 3.01. The lowest BCUT2D eigenvalue weighted by Crippen LogP contribution is -2.22. The van der Waals surface area contributed by atoms with Crippen LogP contribution >= 0.6 is 0 Å². The number of carboxylic acids is 1. The first-order valence-corrected chi connectivity index (χ1v) is 8.37. The van der Waals surface area contributed by atoms with Crippen molar-refractivity contribution in [1.29, 1.82) is 0 Å². The fourth-order valence-electron chi connectivity index (χ4n) is 3.37. The summed E-state index contributed by atoms with van der Waals surface area (Å²) in [7, 11) is 1.95. The molecular formula is C19H17N5O3. The van der Waals surface area contributed by atoms with E-state index >= 15 is 0 Å². The highest BCUT2D eigenvalue weighted by Crippen LogP contribution is 2.33. The van der Waals surface area contributed by atoms with Gasteiger partial charge in [-0.3, -0.25) is 14.6 Å². The molecule has 3 aromatic heterocycles. The molecule has 8 nitrogen and oxygen atoms in total. The fourth-order valence-corrected chi connectivity index (χ4v) is 3.37. The van der Waals surface area contributed by atoms with E-state index in [1.54, 1.807) is 12.4 Å². The van der Waals surface area contributed by atoms with Gasteiger partial charge in [-0.2, -0.15) is 0 Å². The van der Waals surface area contributed by atoms with Crippen LogP contribution in [0.4, 0.5) is 0 Å². The Hall–Kier alpha value is -3.68. The SMILES string of the molecule is Cn1cc(-c2cc3nccnc3[nH]2)c2cc(C(CC(=O)O)NC=O)ccc21. The maximum Gasteiger partial charge on any atom is 0.305 e. The molecule has 1 unspecified atom stereocenters. The zero-order valence-corrected chi connectivity index (χ0v) is 14.5. The number of carbonyl (C=O) groups is 2. The van der Waals surface area contributed by atoms with Gasteiger partial charge in [0.05, 0.1) is 18.2 Å². The minimum Gasteiger partial charge on any atom is -0.481 e. The van der Waals surface area contributed by atoms with Crippen molar-refractivity contribution in [1.82, 2.24) is 24.8 Å². The number of benzene rings is 1. The summed E-state index contributed by atoms with van der Waals surface area (Å²) in [6.07, 6.45) is 5.61. The minimum atomic E-state index is -0.976. The van der Waals surface area contributed by atoms with Crippen molar-refractivity contribution in [3.8, 4) is 11.3 Å². The first kappa shape index (κ1) is 16.8. The molecule has 1 aromatic carbocycles. The second-order valence-corrected chi connectivity index (χ2v) is 6.34. The van der Waals surface area contributed by atoms with Gasteiger partial charge in [0, 0.05) is 42.1 Å². The number of aliphatic carboxylic acids is 1. The summed E-state index contributed by atoms with van der Waals surface area (Å²) in [5, 5.41) is 12.7. The van der Waals surface area contributed by atoms with Gasteiger partial charge < -0.3 is 20.0 Å². The largest absolute Gasteiger partial charge is 0.481 e. The molecule has 1 amide bonds. The number of hydrogen-bond acceptors (Lipinski definition) is 4. The number of aromatic amines is 1. The van der Waals surface area contributed by atoms with Crippen molar-refractivity contribution in [3.63, 3.8) is 0 Å². The van der Waals surface area contributed by atoms with Gasteiger partial charge in [0.2, 0.25) is 6.41 Å². The van der Waals surface area contributed by atoms with Crippen molar-refractivity contribution in [3.05, 3.63) is 48.4 Å². The number of hydrogen-bond donors (Lipinski definition) is 3. The van der Waals surface area contributed by atoms with E-state index in [2.05, 4.69) is 20.3 Å². The molecule has 27 heavy (non-hydrogen) atoms. The van der Waals surface area contributed by atoms with Crippen LogP contribution in [-0.2, 0) is 16.6 Å². The molecule has 4 rings (SSSR count). The predicted molar refractivity (Wildman–Crippen MR) is 100.0 cm³/mol. The zero-order chi connectivity index (χ0) is 19.0. The Morgan fingerprint density at radius 3 is 2.89 bits per heavy atom. The van der Waals surface area contributed by atoms with Gasteiger partial charge in [0.15, 0.2) is 5.65 Å². The van der Waals surface area contributed by atoms with Gasteiger partial charge >= 0.3 is 5.97 Å². The van der Waals surface area contributed by atoms with Gasteiger partial charge in [0.1, 0.15) is 5.52 Å². The molecule has 0 spiro atoms. The van der Waals surface area contributed by atoms with E-state index in [1.807, 2.05) is 42.1 Å². The summed E-state index contributed by atoms with van der Waals surface area (Å²) in [6, 6.07) is 7.02. The summed E-state index contributed by atoms with van der Waals surface area (Å²) in [5.41, 5.74) is 5.02. The Labute approximate surface area is 153 Å². The molecule has 136 valence electrons. The smallest absolute Gasteiger partial charge is 0.305 e. The number of H-pyrrole nitrogens is 1. The van der Waals surface area contributed by atoms with Crippen LogP contribution < -0.4 is 5.32 Å². The molecule has 0 saturated carbocycles. The number of carbonyl (C=O) groups excluding carboxylic acids is 1. The van der Waals surface area contributed by atoms with E-state index < -0.39 is 12.0 Å². The van der Waals surface area contributed by atoms with E-state index in [9.17, 15) is 9.59 Å². The molecule has 8 heteroatoms. The topological polar surface area (TPSA) is 113 Å². The van der Waals surface area contributed by atoms with Crippen LogP contribution in [0.5, 0.6) is 0 Å². The lowest BCUT2D eigenvalue weighted by molar-refractivity contribution is -0.137. The van der Waals surface area contributed by atoms with Crippen LogP contribution in [0.25, 0.3) is 33.3 Å². The van der Waals surface area contributed by atoms with Crippen LogP contribution in [-0.4, -0.2) is 37.0 Å². The van der Waals surface area contributed by atoms with E-state index in [-0.39, 0.29) is 6.42 Å². The number of aromatic nitrogens is 4. The highest BCUT2D eigenvalue weighted by Gasteiger charge is 2.18. The monoisotopic (exact) mass is 363 g/mol. The van der Waals surface area contributed by atoms with Crippen molar-refractivity contribution in [2.45, 2.75) is 12.5 Å². The van der Waals surface area contributed by atoms with E-state index in [0.29, 0.717) is 12.1 Å². The number of fused-ring (bicyclic) bond motifs is 2. The van der Waals surface area contributed by atoms with Crippen LogP contribution in [0.3, 0.4) is 0 Å². The second kappa shape index (κ2) is 6.56. The lowest BCUT2D eigenvalue weighted by Gasteiger charge is -2.14. The van der Waals surface area contributed by atoms with Gasteiger partial charge in [-0.25, -0.2) is 4.98 Å². The number of rotatable bonds is 6. The van der Waals surface area contributed by atoms with E-state index in [1.165, 1.54) is 0 Å². The third-order valence-electron chi connectivity index (χ3n) is 4.61. The van der Waals surface area contributed by atoms with Gasteiger partial charge in [-0.1, -0.05) is 6.07 Å². The molecular weight excluding hydrogens is 346 g/mol. The Kier molecular flexibility index (Phi) is 4.08. The summed E-state index contributed by atoms with van der Waals surface area (Å²) in [5.74, 6) is -0.976. The molecule has 0 aliphatic rings. The molecule has 0 bridgehead atoms. The van der Waals surface area contributed by atoms with Crippen LogP contribution in [0, 0.1) is 0 Å². The van der Waals surface area contributed by atoms with Gasteiger partial charge in [0.25, 0.3) is 0 Å². The van der Waals surface area contributed by atoms with Crippen molar-refractivity contribution >= 4 is 34.4 Å². The lowest BCUT2D eigenvalue weighted by atomic mass is 10.0. The maximum atomic E-state index is 11.1. The zero-order valence-electron chi connectivity index (χ0n) is 14.5. The first-order chi connectivity index (χ1) is 13.1. The maximum absolute atomic E-state index is 11.1. The Morgan fingerprint density at radius 1 is 1.33 bits per heavy atom. The molecule has 3 N–H and O–H groups in total. The number of nitrogens with zero attached hydrogens (tertiary/aromatic N) is 3. The summed E-state index contributed by atoms with van der Waals surface area (Å²) < 4.78 is 2.00. The van der Waals surface area contributed by atoms with Gasteiger partial charge in [-0.15, -0.1) is 0 Å². The highest BCUT2D eigenvalue weighted by molar-refractivity contribution is 5.97. The van der Waals surface area contributed by atoms with Crippen molar-refractivity contribution in [2.75, 3.05) is 0 Å². The third-order valence-corrected chi connectivity index (χ3v) is 4.61. The number of aryl methyl sites for hydroxylation is 1. The average molecular weight is 363 g/mol. The molecule has 0 saturated heterocycles. The van der Waals surface area contributed by atoms with Gasteiger partial charge in [-0.05, 0) is 23.8 Å². The minimum absolute atomic E-state index is 0.188. The standard InChI is InChI=1S/C19H17N5O3/c1-24-9-13(15-7-16-19(23-15)21-5-4-20-16)12-6-11(2-3-17(12)24)14(22-10-25)8-18(26)27/h2-7,9-10,14H,8H2,1H3,(H,21,23)(H,22,25)(H,26,27). The predicted octanol–water partition coefficient (Wildman–Crippen LogP) is 2.38. The highest BCUT2D eigenvalue weighted by atomic mass is 16.4. The number of amides is 1. The van der Waals surface area contributed by atoms with Crippen molar-refractivity contribution < 1.29 is 14.7 Å². The molecule has 4 aromatic rings. The number of nitrogens with one attached hydrogen (secondary N) is 2. The van der Waals surface area contributed by atoms with Crippen LogP contribution in [0.15, 0.2) is 42.9 Å². The average Bonchev–Trinajstić information content (AvgIpc) is 3.22. The number of carboxylic acid groups (broad SMARTS) is 1. The molecule has 0 aliphatic carbocycles.